The van der Waals surface area contributed by atoms with Gasteiger partial charge in [0.15, 0.2) is 0 Å². The van der Waals surface area contributed by atoms with E-state index in [1.807, 2.05) is 0 Å². The molecule has 0 radical (unpaired) electrons. The first-order chi connectivity index (χ1) is 13.6. The summed E-state index contributed by atoms with van der Waals surface area (Å²) in [5.74, 6) is 0. The number of unbranched alkanes of at least 4 members (excludes halogenated alkanes) is 1. The van der Waals surface area contributed by atoms with Crippen molar-refractivity contribution < 1.29 is 4.74 Å². The Morgan fingerprint density at radius 2 is 1.04 bits per heavy atom. The Morgan fingerprint density at radius 3 is 1.46 bits per heavy atom. The van der Waals surface area contributed by atoms with E-state index in [-0.39, 0.29) is 10.8 Å². The highest BCUT2D eigenvalue weighted by atomic mass is 16.5. The van der Waals surface area contributed by atoms with Gasteiger partial charge < -0.3 is 4.74 Å². The minimum atomic E-state index is -0.149. The summed E-state index contributed by atoms with van der Waals surface area (Å²) >= 11 is 0. The minimum absolute atomic E-state index is 0.0509. The molecule has 0 saturated heterocycles. The van der Waals surface area contributed by atoms with Crippen molar-refractivity contribution in [2.75, 3.05) is 13.7 Å². The Balaban J connectivity index is 2.17. The van der Waals surface area contributed by atoms with Gasteiger partial charge in [-0.3, -0.25) is 0 Å². The van der Waals surface area contributed by atoms with E-state index in [0.717, 1.165) is 25.9 Å². The summed E-state index contributed by atoms with van der Waals surface area (Å²) in [6.07, 6.45) is 3.31. The number of hydrogen-bond acceptors (Lipinski definition) is 1. The second-order valence-corrected chi connectivity index (χ2v) is 8.01. The van der Waals surface area contributed by atoms with E-state index in [0.29, 0.717) is 0 Å². The fourth-order valence-corrected chi connectivity index (χ4v) is 4.56. The molecule has 0 aromatic heterocycles. The monoisotopic (exact) mass is 372 g/mol. The number of hydrogen-bond donors (Lipinski definition) is 0. The van der Waals surface area contributed by atoms with Crippen LogP contribution in [0.25, 0.3) is 0 Å². The van der Waals surface area contributed by atoms with Crippen molar-refractivity contribution in [3.63, 3.8) is 0 Å². The Bertz CT molecular complexity index is 786. The SMILES string of the molecule is COCCCCC(C)(c1ccccc1)C(C)(c1ccccc1)c1ccccc1. The zero-order valence-electron chi connectivity index (χ0n) is 17.4. The van der Waals surface area contributed by atoms with Gasteiger partial charge in [-0.25, -0.2) is 0 Å². The Labute approximate surface area is 170 Å². The van der Waals surface area contributed by atoms with Crippen LogP contribution in [0.4, 0.5) is 0 Å². The molecule has 1 heteroatoms. The summed E-state index contributed by atoms with van der Waals surface area (Å²) in [5.41, 5.74) is 3.91. The van der Waals surface area contributed by atoms with Gasteiger partial charge in [-0.05, 0) is 29.5 Å². The Morgan fingerprint density at radius 1 is 0.607 bits per heavy atom. The third kappa shape index (κ3) is 3.91. The van der Waals surface area contributed by atoms with Crippen LogP contribution in [-0.2, 0) is 15.6 Å². The predicted octanol–water partition coefficient (Wildman–Crippen LogP) is 6.77. The van der Waals surface area contributed by atoms with Crippen molar-refractivity contribution in [2.45, 2.75) is 43.9 Å². The lowest BCUT2D eigenvalue weighted by molar-refractivity contribution is 0.184. The first kappa shape index (κ1) is 20.4. The molecule has 0 amide bonds. The van der Waals surface area contributed by atoms with Crippen molar-refractivity contribution in [3.05, 3.63) is 108 Å². The molecule has 1 atom stereocenters. The van der Waals surface area contributed by atoms with E-state index in [1.54, 1.807) is 7.11 Å². The third-order valence-corrected chi connectivity index (χ3v) is 6.49. The second-order valence-electron chi connectivity index (χ2n) is 8.01. The fraction of sp³-hybridized carbons (Fsp3) is 0.333. The highest BCUT2D eigenvalue weighted by Crippen LogP contribution is 2.51. The van der Waals surface area contributed by atoms with Gasteiger partial charge in [0.25, 0.3) is 0 Å². The van der Waals surface area contributed by atoms with Crippen LogP contribution in [0.5, 0.6) is 0 Å². The van der Waals surface area contributed by atoms with E-state index in [2.05, 4.69) is 105 Å². The number of benzene rings is 3. The van der Waals surface area contributed by atoms with Gasteiger partial charge in [0.05, 0.1) is 0 Å². The fourth-order valence-electron chi connectivity index (χ4n) is 4.56. The molecular formula is C27H32O. The van der Waals surface area contributed by atoms with Crippen LogP contribution in [0.15, 0.2) is 91.0 Å². The molecule has 3 aromatic carbocycles. The quantitative estimate of drug-likeness (QED) is 0.377. The molecule has 3 aromatic rings. The van der Waals surface area contributed by atoms with Crippen molar-refractivity contribution in [2.24, 2.45) is 0 Å². The number of methoxy groups -OCH3 is 1. The van der Waals surface area contributed by atoms with E-state index in [4.69, 9.17) is 4.74 Å². The second kappa shape index (κ2) is 9.21. The molecule has 0 aliphatic rings. The van der Waals surface area contributed by atoms with Crippen molar-refractivity contribution in [1.82, 2.24) is 0 Å². The van der Waals surface area contributed by atoms with Gasteiger partial charge in [-0.15, -0.1) is 0 Å². The van der Waals surface area contributed by atoms with Crippen molar-refractivity contribution in [3.8, 4) is 0 Å². The third-order valence-electron chi connectivity index (χ3n) is 6.49. The normalized spacial score (nSPS) is 13.8. The highest BCUT2D eigenvalue weighted by molar-refractivity contribution is 5.47. The molecular weight excluding hydrogens is 340 g/mol. The lowest BCUT2D eigenvalue weighted by Crippen LogP contribution is -2.46. The average molecular weight is 373 g/mol. The largest absolute Gasteiger partial charge is 0.385 e. The summed E-state index contributed by atoms with van der Waals surface area (Å²) in [6.45, 7) is 5.67. The highest BCUT2D eigenvalue weighted by Gasteiger charge is 2.47. The molecule has 0 aliphatic carbocycles. The van der Waals surface area contributed by atoms with E-state index in [1.165, 1.54) is 16.7 Å². The number of rotatable bonds is 9. The van der Waals surface area contributed by atoms with E-state index in [9.17, 15) is 0 Å². The average Bonchev–Trinajstić information content (AvgIpc) is 2.77. The van der Waals surface area contributed by atoms with Gasteiger partial charge in [0, 0.05) is 24.5 Å². The standard InChI is InChI=1S/C27H32O/c1-26(21-13-14-22-28-3,23-15-7-4-8-16-23)27(2,24-17-9-5-10-18-24)25-19-11-6-12-20-25/h4-12,15-20H,13-14,21-22H2,1-3H3. The first-order valence-electron chi connectivity index (χ1n) is 10.3. The summed E-state index contributed by atoms with van der Waals surface area (Å²) < 4.78 is 5.32. The van der Waals surface area contributed by atoms with Crippen LogP contribution >= 0.6 is 0 Å². The summed E-state index contributed by atoms with van der Waals surface area (Å²) in [6, 6.07) is 33.0. The summed E-state index contributed by atoms with van der Waals surface area (Å²) in [7, 11) is 1.79. The van der Waals surface area contributed by atoms with Crippen LogP contribution in [0.1, 0.15) is 49.8 Å². The van der Waals surface area contributed by atoms with Crippen molar-refractivity contribution >= 4 is 0 Å². The molecule has 0 spiro atoms. The predicted molar refractivity (Wildman–Crippen MR) is 119 cm³/mol. The zero-order chi connectivity index (χ0) is 19.9. The van der Waals surface area contributed by atoms with Gasteiger partial charge in [-0.2, -0.15) is 0 Å². The molecule has 28 heavy (non-hydrogen) atoms. The first-order valence-corrected chi connectivity index (χ1v) is 10.3. The van der Waals surface area contributed by atoms with Gasteiger partial charge in [-0.1, -0.05) is 111 Å². The molecule has 146 valence electrons. The maximum Gasteiger partial charge on any atom is 0.0462 e. The van der Waals surface area contributed by atoms with E-state index < -0.39 is 0 Å². The van der Waals surface area contributed by atoms with Crippen LogP contribution in [0.3, 0.4) is 0 Å². The maximum absolute atomic E-state index is 5.32. The molecule has 0 bridgehead atoms. The van der Waals surface area contributed by atoms with Crippen LogP contribution in [0, 0.1) is 0 Å². The maximum atomic E-state index is 5.32. The molecule has 0 heterocycles. The molecule has 3 rings (SSSR count). The zero-order valence-corrected chi connectivity index (χ0v) is 17.4. The van der Waals surface area contributed by atoms with Gasteiger partial charge in [0.1, 0.15) is 0 Å². The lowest BCUT2D eigenvalue weighted by atomic mass is 9.54. The summed E-state index contributed by atoms with van der Waals surface area (Å²) in [5, 5.41) is 0. The Hall–Kier alpha value is -2.38. The van der Waals surface area contributed by atoms with Crippen LogP contribution in [-0.4, -0.2) is 13.7 Å². The topological polar surface area (TPSA) is 9.23 Å². The summed E-state index contributed by atoms with van der Waals surface area (Å²) in [4.78, 5) is 0. The smallest absolute Gasteiger partial charge is 0.0462 e. The lowest BCUT2D eigenvalue weighted by Gasteiger charge is -2.48. The van der Waals surface area contributed by atoms with Crippen molar-refractivity contribution in [1.29, 1.82) is 0 Å². The van der Waals surface area contributed by atoms with Gasteiger partial charge in [0.2, 0.25) is 0 Å². The molecule has 1 unspecified atom stereocenters. The molecule has 0 aliphatic heterocycles. The van der Waals surface area contributed by atoms with Crippen LogP contribution in [0.2, 0.25) is 0 Å². The molecule has 0 saturated carbocycles. The Kier molecular flexibility index (Phi) is 6.70. The van der Waals surface area contributed by atoms with E-state index >= 15 is 0 Å². The molecule has 0 fully saturated rings. The number of ether oxygens (including phenoxy) is 1. The molecule has 0 N–H and O–H groups in total. The minimum Gasteiger partial charge on any atom is -0.385 e. The van der Waals surface area contributed by atoms with Gasteiger partial charge >= 0.3 is 0 Å². The van der Waals surface area contributed by atoms with Crippen LogP contribution < -0.4 is 0 Å². The molecule has 1 nitrogen and oxygen atoms in total.